The molecule has 1 heterocycles. The molecule has 2 heteroatoms. The van der Waals surface area contributed by atoms with Crippen LogP contribution in [0.25, 0.3) is 0 Å². The molecule has 0 radical (unpaired) electrons. The van der Waals surface area contributed by atoms with Crippen molar-refractivity contribution in [2.75, 3.05) is 0 Å². The summed E-state index contributed by atoms with van der Waals surface area (Å²) < 4.78 is 5.03. The van der Waals surface area contributed by atoms with Gasteiger partial charge in [0.2, 0.25) is 0 Å². The average Bonchev–Trinajstić information content (AvgIpc) is 3.01. The van der Waals surface area contributed by atoms with E-state index in [4.69, 9.17) is 0 Å². The van der Waals surface area contributed by atoms with Gasteiger partial charge in [-0.15, -0.1) is 0 Å². The number of aromatic nitrogens is 2. The molecule has 0 saturated heterocycles. The molecule has 0 bridgehead atoms. The predicted octanol–water partition coefficient (Wildman–Crippen LogP) is 5.87. The molecule has 2 nitrogen and oxygen atoms in total. The van der Waals surface area contributed by atoms with E-state index in [0.29, 0.717) is 18.0 Å². The molecule has 3 aromatic rings. The summed E-state index contributed by atoms with van der Waals surface area (Å²) in [4.78, 5) is 0. The molecule has 0 fully saturated rings. The first-order chi connectivity index (χ1) is 13.0. The Hall–Kier alpha value is -2.35. The lowest BCUT2D eigenvalue weighted by molar-refractivity contribution is -0.722. The zero-order valence-electron chi connectivity index (χ0n) is 17.4. The van der Waals surface area contributed by atoms with Gasteiger partial charge in [0.15, 0.2) is 0 Å². The van der Waals surface area contributed by atoms with Crippen LogP contribution >= 0.6 is 0 Å². The van der Waals surface area contributed by atoms with Crippen molar-refractivity contribution in [3.05, 3.63) is 89.5 Å². The van der Waals surface area contributed by atoms with Crippen molar-refractivity contribution in [1.29, 1.82) is 0 Å². The molecular formula is C25H33N2+. The fourth-order valence-electron chi connectivity index (χ4n) is 3.98. The van der Waals surface area contributed by atoms with Gasteiger partial charge in [0.1, 0.15) is 11.9 Å². The highest BCUT2D eigenvalue weighted by molar-refractivity contribution is 5.22. The minimum absolute atomic E-state index is 0.446. The lowest BCUT2D eigenvalue weighted by Crippen LogP contribution is -2.39. The maximum atomic E-state index is 2.56. The van der Waals surface area contributed by atoms with Crippen molar-refractivity contribution in [1.82, 2.24) is 4.57 Å². The molecule has 2 aromatic carbocycles. The Morgan fingerprint density at radius 3 is 1.96 bits per heavy atom. The molecule has 3 rings (SSSR count). The highest BCUT2D eigenvalue weighted by Gasteiger charge is 2.28. The summed E-state index contributed by atoms with van der Waals surface area (Å²) in [7, 11) is 0. The van der Waals surface area contributed by atoms with Crippen LogP contribution in [-0.4, -0.2) is 4.57 Å². The summed E-state index contributed by atoms with van der Waals surface area (Å²) in [6.45, 7) is 11.5. The summed E-state index contributed by atoms with van der Waals surface area (Å²) in [5, 5.41) is 0. The molecule has 0 aliphatic rings. The first kappa shape index (κ1) is 19.4. The number of hydrogen-bond donors (Lipinski definition) is 0. The first-order valence-electron chi connectivity index (χ1n) is 10.2. The first-order valence-corrected chi connectivity index (χ1v) is 10.2. The van der Waals surface area contributed by atoms with E-state index in [0.717, 1.165) is 12.8 Å². The van der Waals surface area contributed by atoms with Crippen LogP contribution in [0.4, 0.5) is 0 Å². The SMILES string of the molecule is CC(Cc1c[n+](C(C)C)c(Cc2ccccc2)n1C(C)C)c1ccccc1. The Morgan fingerprint density at radius 2 is 1.41 bits per heavy atom. The van der Waals surface area contributed by atoms with Gasteiger partial charge < -0.3 is 0 Å². The van der Waals surface area contributed by atoms with Gasteiger partial charge in [-0.2, -0.15) is 0 Å². The third kappa shape index (κ3) is 4.50. The van der Waals surface area contributed by atoms with E-state index < -0.39 is 0 Å². The van der Waals surface area contributed by atoms with E-state index in [1.165, 1.54) is 22.6 Å². The zero-order chi connectivity index (χ0) is 19.4. The quantitative estimate of drug-likeness (QED) is 0.465. The summed E-state index contributed by atoms with van der Waals surface area (Å²) in [6.07, 6.45) is 4.42. The zero-order valence-corrected chi connectivity index (χ0v) is 17.4. The number of rotatable bonds is 7. The number of benzene rings is 2. The number of hydrogen-bond acceptors (Lipinski definition) is 0. The van der Waals surface area contributed by atoms with Gasteiger partial charge in [-0.25, -0.2) is 9.13 Å². The molecule has 142 valence electrons. The molecule has 27 heavy (non-hydrogen) atoms. The van der Waals surface area contributed by atoms with E-state index in [2.05, 4.69) is 111 Å². The summed E-state index contributed by atoms with van der Waals surface area (Å²) in [6, 6.07) is 22.6. The van der Waals surface area contributed by atoms with Gasteiger partial charge in [-0.3, -0.25) is 0 Å². The standard InChI is InChI=1S/C25H33N2/c1-19(2)26-18-24(16-21(5)23-14-10-7-11-15-23)27(20(3)4)25(26)17-22-12-8-6-9-13-22/h6-15,18-21H,16-17H2,1-5H3/q+1. The third-order valence-electron chi connectivity index (χ3n) is 5.34. The fourth-order valence-corrected chi connectivity index (χ4v) is 3.98. The minimum atomic E-state index is 0.446. The highest BCUT2D eigenvalue weighted by atomic mass is 15.2. The van der Waals surface area contributed by atoms with Gasteiger partial charge in [0, 0.05) is 6.42 Å². The van der Waals surface area contributed by atoms with Crippen LogP contribution in [-0.2, 0) is 12.8 Å². The van der Waals surface area contributed by atoms with Crippen LogP contribution < -0.4 is 4.57 Å². The van der Waals surface area contributed by atoms with Gasteiger partial charge in [-0.05, 0) is 44.7 Å². The molecule has 1 aromatic heterocycles. The Bertz CT molecular complexity index is 845. The molecule has 1 unspecified atom stereocenters. The Morgan fingerprint density at radius 1 is 0.815 bits per heavy atom. The van der Waals surface area contributed by atoms with Crippen molar-refractivity contribution >= 4 is 0 Å². The Balaban J connectivity index is 1.99. The predicted molar refractivity (Wildman–Crippen MR) is 113 cm³/mol. The Kier molecular flexibility index (Phi) is 6.15. The summed E-state index contributed by atoms with van der Waals surface area (Å²) in [5.74, 6) is 1.91. The maximum absolute atomic E-state index is 2.56. The van der Waals surface area contributed by atoms with Crippen LogP contribution in [0.3, 0.4) is 0 Å². The average molecular weight is 362 g/mol. The van der Waals surface area contributed by atoms with Crippen molar-refractivity contribution < 1.29 is 4.57 Å². The second-order valence-corrected chi connectivity index (χ2v) is 8.18. The van der Waals surface area contributed by atoms with Crippen LogP contribution in [0, 0.1) is 0 Å². The molecular weight excluding hydrogens is 328 g/mol. The van der Waals surface area contributed by atoms with Crippen LogP contribution in [0.5, 0.6) is 0 Å². The van der Waals surface area contributed by atoms with Crippen molar-refractivity contribution in [2.24, 2.45) is 0 Å². The van der Waals surface area contributed by atoms with Crippen LogP contribution in [0.15, 0.2) is 66.9 Å². The largest absolute Gasteiger partial charge is 0.261 e. The van der Waals surface area contributed by atoms with Crippen molar-refractivity contribution in [2.45, 2.75) is 65.5 Å². The lowest BCUT2D eigenvalue weighted by atomic mass is 9.96. The van der Waals surface area contributed by atoms with E-state index in [-0.39, 0.29) is 0 Å². The molecule has 0 N–H and O–H groups in total. The molecule has 0 saturated carbocycles. The number of imidazole rings is 1. The van der Waals surface area contributed by atoms with Gasteiger partial charge in [0.25, 0.3) is 5.82 Å². The number of nitrogens with zero attached hydrogens (tertiary/aromatic N) is 2. The molecule has 1 atom stereocenters. The third-order valence-corrected chi connectivity index (χ3v) is 5.34. The van der Waals surface area contributed by atoms with E-state index >= 15 is 0 Å². The minimum Gasteiger partial charge on any atom is -0.232 e. The summed E-state index contributed by atoms with van der Waals surface area (Å²) in [5.41, 5.74) is 4.21. The van der Waals surface area contributed by atoms with Crippen LogP contribution in [0.1, 0.15) is 75.3 Å². The monoisotopic (exact) mass is 361 g/mol. The van der Waals surface area contributed by atoms with E-state index in [1.54, 1.807) is 0 Å². The van der Waals surface area contributed by atoms with Gasteiger partial charge >= 0.3 is 0 Å². The highest BCUT2D eigenvalue weighted by Crippen LogP contribution is 2.24. The lowest BCUT2D eigenvalue weighted by Gasteiger charge is -2.14. The normalized spacial score (nSPS) is 12.7. The molecule has 0 amide bonds. The molecule has 0 spiro atoms. The second kappa shape index (κ2) is 8.56. The smallest absolute Gasteiger partial charge is 0.232 e. The molecule has 0 aliphatic heterocycles. The second-order valence-electron chi connectivity index (χ2n) is 8.18. The van der Waals surface area contributed by atoms with E-state index in [1.807, 2.05) is 0 Å². The van der Waals surface area contributed by atoms with Gasteiger partial charge in [-0.1, -0.05) is 67.6 Å². The van der Waals surface area contributed by atoms with Gasteiger partial charge in [0.05, 0.1) is 18.5 Å². The summed E-state index contributed by atoms with van der Waals surface area (Å²) >= 11 is 0. The van der Waals surface area contributed by atoms with Crippen LogP contribution in [0.2, 0.25) is 0 Å². The topological polar surface area (TPSA) is 8.81 Å². The van der Waals surface area contributed by atoms with Crippen molar-refractivity contribution in [3.63, 3.8) is 0 Å². The fraction of sp³-hybridized carbons (Fsp3) is 0.400. The maximum Gasteiger partial charge on any atom is 0.261 e. The van der Waals surface area contributed by atoms with E-state index in [9.17, 15) is 0 Å². The molecule has 0 aliphatic carbocycles. The Labute approximate surface area is 164 Å². The van der Waals surface area contributed by atoms with Crippen molar-refractivity contribution in [3.8, 4) is 0 Å².